The van der Waals surface area contributed by atoms with Crippen LogP contribution in [0.4, 0.5) is 0 Å². The second-order valence-corrected chi connectivity index (χ2v) is 5.70. The molecule has 1 aliphatic carbocycles. The minimum absolute atomic E-state index is 0.784. The smallest absolute Gasteiger partial charge is 0.122 e. The van der Waals surface area contributed by atoms with E-state index >= 15 is 0 Å². The quantitative estimate of drug-likeness (QED) is 0.884. The molecule has 98 valence electrons. The van der Waals surface area contributed by atoms with Crippen LogP contribution in [-0.2, 0) is 19.3 Å². The number of benzene rings is 1. The van der Waals surface area contributed by atoms with Crippen LogP contribution in [0.25, 0.3) is 0 Å². The maximum atomic E-state index is 5.59. The van der Waals surface area contributed by atoms with Gasteiger partial charge in [-0.25, -0.2) is 0 Å². The molecule has 1 saturated heterocycles. The molecule has 1 N–H and O–H groups in total. The number of piperidine rings is 1. The zero-order valence-electron chi connectivity index (χ0n) is 11.3. The van der Waals surface area contributed by atoms with E-state index in [4.69, 9.17) is 4.74 Å². The Morgan fingerprint density at radius 3 is 2.78 bits per heavy atom. The third kappa shape index (κ3) is 2.39. The maximum Gasteiger partial charge on any atom is 0.122 e. The zero-order chi connectivity index (χ0) is 12.4. The Labute approximate surface area is 110 Å². The van der Waals surface area contributed by atoms with Gasteiger partial charge in [-0.15, -0.1) is 0 Å². The molecule has 2 aliphatic rings. The lowest BCUT2D eigenvalue weighted by Gasteiger charge is -2.24. The first-order valence-electron chi connectivity index (χ1n) is 7.26. The SMILES string of the molecule is COc1cc2c(cc1CC1CCCNC1)CCC2. The average molecular weight is 245 g/mol. The van der Waals surface area contributed by atoms with Crippen molar-refractivity contribution in [3.8, 4) is 5.75 Å². The average Bonchev–Trinajstić information content (AvgIpc) is 2.86. The number of nitrogens with one attached hydrogen (secondary N) is 1. The summed E-state index contributed by atoms with van der Waals surface area (Å²) in [6.07, 6.45) is 7.65. The van der Waals surface area contributed by atoms with Gasteiger partial charge in [0.2, 0.25) is 0 Å². The van der Waals surface area contributed by atoms with Crippen molar-refractivity contribution in [1.82, 2.24) is 5.32 Å². The van der Waals surface area contributed by atoms with Gasteiger partial charge in [0.25, 0.3) is 0 Å². The molecular formula is C16H23NO. The number of rotatable bonds is 3. The Bertz CT molecular complexity index is 421. The van der Waals surface area contributed by atoms with E-state index in [0.717, 1.165) is 11.7 Å². The molecular weight excluding hydrogens is 222 g/mol. The molecule has 1 atom stereocenters. The van der Waals surface area contributed by atoms with Crippen molar-refractivity contribution < 1.29 is 4.74 Å². The van der Waals surface area contributed by atoms with Crippen molar-refractivity contribution in [3.05, 3.63) is 28.8 Å². The topological polar surface area (TPSA) is 21.3 Å². The highest BCUT2D eigenvalue weighted by Gasteiger charge is 2.19. The lowest BCUT2D eigenvalue weighted by molar-refractivity contribution is 0.364. The van der Waals surface area contributed by atoms with Crippen molar-refractivity contribution in [1.29, 1.82) is 0 Å². The van der Waals surface area contributed by atoms with Crippen molar-refractivity contribution in [2.75, 3.05) is 20.2 Å². The summed E-state index contributed by atoms with van der Waals surface area (Å²) in [5.41, 5.74) is 4.50. The number of ether oxygens (including phenoxy) is 1. The van der Waals surface area contributed by atoms with Crippen LogP contribution in [0.15, 0.2) is 12.1 Å². The van der Waals surface area contributed by atoms with Crippen LogP contribution in [0.3, 0.4) is 0 Å². The fraction of sp³-hybridized carbons (Fsp3) is 0.625. The molecule has 1 unspecified atom stereocenters. The standard InChI is InChI=1S/C16H23NO/c1-18-16-10-14-6-2-5-13(14)9-15(16)8-12-4-3-7-17-11-12/h9-10,12,17H,2-8,11H2,1H3. The molecule has 0 saturated carbocycles. The fourth-order valence-electron chi connectivity index (χ4n) is 3.41. The molecule has 1 heterocycles. The molecule has 0 radical (unpaired) electrons. The Morgan fingerprint density at radius 2 is 2.06 bits per heavy atom. The van der Waals surface area contributed by atoms with Crippen LogP contribution in [0.1, 0.15) is 36.0 Å². The highest BCUT2D eigenvalue weighted by molar-refractivity contribution is 5.45. The van der Waals surface area contributed by atoms with Gasteiger partial charge >= 0.3 is 0 Å². The predicted octanol–water partition coefficient (Wildman–Crippen LogP) is 2.73. The van der Waals surface area contributed by atoms with E-state index in [2.05, 4.69) is 17.4 Å². The lowest BCUT2D eigenvalue weighted by Crippen LogP contribution is -2.30. The summed E-state index contributed by atoms with van der Waals surface area (Å²) >= 11 is 0. The molecule has 0 spiro atoms. The lowest BCUT2D eigenvalue weighted by atomic mass is 9.90. The van der Waals surface area contributed by atoms with Crippen LogP contribution >= 0.6 is 0 Å². The van der Waals surface area contributed by atoms with Crippen LogP contribution in [0.5, 0.6) is 5.75 Å². The monoisotopic (exact) mass is 245 g/mol. The van der Waals surface area contributed by atoms with Gasteiger partial charge in [-0.1, -0.05) is 6.07 Å². The van der Waals surface area contributed by atoms with Gasteiger partial charge < -0.3 is 10.1 Å². The molecule has 1 fully saturated rings. The molecule has 18 heavy (non-hydrogen) atoms. The van der Waals surface area contributed by atoms with Gasteiger partial charge in [-0.3, -0.25) is 0 Å². The van der Waals surface area contributed by atoms with E-state index in [1.165, 1.54) is 62.7 Å². The van der Waals surface area contributed by atoms with E-state index < -0.39 is 0 Å². The molecule has 1 aromatic rings. The van der Waals surface area contributed by atoms with E-state index in [0.29, 0.717) is 0 Å². The summed E-state index contributed by atoms with van der Waals surface area (Å²) in [4.78, 5) is 0. The van der Waals surface area contributed by atoms with Crippen LogP contribution in [0, 0.1) is 5.92 Å². The summed E-state index contributed by atoms with van der Waals surface area (Å²) in [5, 5.41) is 3.50. The van der Waals surface area contributed by atoms with Crippen molar-refractivity contribution in [2.45, 2.75) is 38.5 Å². The molecule has 0 amide bonds. The van der Waals surface area contributed by atoms with Crippen molar-refractivity contribution >= 4 is 0 Å². The molecule has 1 aliphatic heterocycles. The minimum Gasteiger partial charge on any atom is -0.496 e. The van der Waals surface area contributed by atoms with Gasteiger partial charge in [0.1, 0.15) is 5.75 Å². The highest BCUT2D eigenvalue weighted by atomic mass is 16.5. The summed E-state index contributed by atoms with van der Waals surface area (Å²) in [7, 11) is 1.80. The molecule has 1 aromatic carbocycles. The third-order valence-corrected chi connectivity index (χ3v) is 4.40. The Kier molecular flexibility index (Phi) is 3.55. The second kappa shape index (κ2) is 5.31. The van der Waals surface area contributed by atoms with Gasteiger partial charge in [-0.05, 0) is 80.3 Å². The third-order valence-electron chi connectivity index (χ3n) is 4.40. The fourth-order valence-corrected chi connectivity index (χ4v) is 3.41. The summed E-state index contributed by atoms with van der Waals surface area (Å²) in [6.45, 7) is 2.36. The predicted molar refractivity (Wildman–Crippen MR) is 74.3 cm³/mol. The normalized spacial score (nSPS) is 22.8. The van der Waals surface area contributed by atoms with Gasteiger partial charge in [0, 0.05) is 0 Å². The summed E-state index contributed by atoms with van der Waals surface area (Å²) < 4.78 is 5.59. The Morgan fingerprint density at radius 1 is 1.22 bits per heavy atom. The molecule has 2 nitrogen and oxygen atoms in total. The first kappa shape index (κ1) is 12.0. The maximum absolute atomic E-state index is 5.59. The number of hydrogen-bond acceptors (Lipinski definition) is 2. The Balaban J connectivity index is 1.81. The highest BCUT2D eigenvalue weighted by Crippen LogP contribution is 2.32. The van der Waals surface area contributed by atoms with Crippen LogP contribution in [0.2, 0.25) is 0 Å². The number of hydrogen-bond donors (Lipinski definition) is 1. The largest absolute Gasteiger partial charge is 0.496 e. The van der Waals surface area contributed by atoms with E-state index in [1.807, 2.05) is 0 Å². The number of fused-ring (bicyclic) bond motifs is 1. The van der Waals surface area contributed by atoms with Crippen LogP contribution in [-0.4, -0.2) is 20.2 Å². The first-order chi connectivity index (χ1) is 8.86. The van der Waals surface area contributed by atoms with Gasteiger partial charge in [-0.2, -0.15) is 0 Å². The van der Waals surface area contributed by atoms with E-state index in [-0.39, 0.29) is 0 Å². The van der Waals surface area contributed by atoms with Gasteiger partial charge in [0.15, 0.2) is 0 Å². The summed E-state index contributed by atoms with van der Waals surface area (Å²) in [5.74, 6) is 1.90. The summed E-state index contributed by atoms with van der Waals surface area (Å²) in [6, 6.07) is 4.70. The van der Waals surface area contributed by atoms with E-state index in [1.54, 1.807) is 12.7 Å². The second-order valence-electron chi connectivity index (χ2n) is 5.70. The van der Waals surface area contributed by atoms with Crippen molar-refractivity contribution in [3.63, 3.8) is 0 Å². The number of methoxy groups -OCH3 is 1. The first-order valence-corrected chi connectivity index (χ1v) is 7.26. The molecule has 0 aromatic heterocycles. The number of aryl methyl sites for hydroxylation is 2. The molecule has 3 rings (SSSR count). The minimum atomic E-state index is 0.784. The molecule has 2 heteroatoms. The van der Waals surface area contributed by atoms with Crippen molar-refractivity contribution in [2.24, 2.45) is 5.92 Å². The van der Waals surface area contributed by atoms with Gasteiger partial charge in [0.05, 0.1) is 7.11 Å². The van der Waals surface area contributed by atoms with Crippen LogP contribution < -0.4 is 10.1 Å². The Hall–Kier alpha value is -1.02. The zero-order valence-corrected chi connectivity index (χ0v) is 11.3. The molecule has 0 bridgehead atoms. The van der Waals surface area contributed by atoms with E-state index in [9.17, 15) is 0 Å².